The maximum Gasteiger partial charge on any atom is 0.271 e. The third-order valence-electron chi connectivity index (χ3n) is 5.68. The minimum absolute atomic E-state index is 0.115. The van der Waals surface area contributed by atoms with E-state index in [0.717, 1.165) is 31.4 Å². The molecule has 7 nitrogen and oxygen atoms in total. The van der Waals surface area contributed by atoms with Crippen molar-refractivity contribution in [1.82, 2.24) is 18.9 Å². The Bertz CT molecular complexity index is 1380. The number of hydrogen-bond donors (Lipinski definition) is 0. The lowest BCUT2D eigenvalue weighted by Gasteiger charge is -2.30. The van der Waals surface area contributed by atoms with E-state index in [9.17, 15) is 9.18 Å². The quantitative estimate of drug-likeness (QED) is 0.484. The molecule has 148 valence electrons. The summed E-state index contributed by atoms with van der Waals surface area (Å²) in [6, 6.07) is 6.87. The van der Waals surface area contributed by atoms with Gasteiger partial charge in [0.15, 0.2) is 11.5 Å². The third kappa shape index (κ3) is 3.01. The predicted octanol–water partition coefficient (Wildman–Crippen LogP) is 2.86. The van der Waals surface area contributed by atoms with E-state index >= 15 is 0 Å². The Kier molecular flexibility index (Phi) is 4.28. The van der Waals surface area contributed by atoms with Crippen molar-refractivity contribution in [1.29, 1.82) is 5.26 Å². The van der Waals surface area contributed by atoms with Crippen LogP contribution in [0.4, 0.5) is 10.1 Å². The van der Waals surface area contributed by atoms with Gasteiger partial charge in [0.1, 0.15) is 6.33 Å². The second-order valence-corrected chi connectivity index (χ2v) is 7.67. The smallest absolute Gasteiger partial charge is 0.271 e. The summed E-state index contributed by atoms with van der Waals surface area (Å²) in [4.78, 5) is 23.9. The fourth-order valence-electron chi connectivity index (χ4n) is 4.05. The van der Waals surface area contributed by atoms with E-state index in [4.69, 9.17) is 5.26 Å². The molecule has 9 heteroatoms. The van der Waals surface area contributed by atoms with Crippen molar-refractivity contribution in [3.05, 3.63) is 64.9 Å². The van der Waals surface area contributed by atoms with Crippen LogP contribution in [0.3, 0.4) is 0 Å². The molecular weight excluding hydrogens is 382 g/mol. The first-order valence-electron chi connectivity index (χ1n) is 9.85. The summed E-state index contributed by atoms with van der Waals surface area (Å²) in [7, 11) is 0. The van der Waals surface area contributed by atoms with Crippen molar-refractivity contribution in [3.63, 3.8) is 0 Å². The van der Waals surface area contributed by atoms with Gasteiger partial charge < -0.3 is 9.30 Å². The highest BCUT2D eigenvalue weighted by Gasteiger charge is 2.23. The molecule has 1 saturated heterocycles. The van der Waals surface area contributed by atoms with Gasteiger partial charge in [-0.25, -0.2) is 19.6 Å². The molecule has 0 aliphatic carbocycles. The predicted molar refractivity (Wildman–Crippen MR) is 114 cm³/mol. The molecular formula is C21H18BFN6O. The number of rotatable bonds is 2. The van der Waals surface area contributed by atoms with Crippen LogP contribution >= 0.6 is 0 Å². The van der Waals surface area contributed by atoms with Gasteiger partial charge in [-0.2, -0.15) is 0 Å². The molecule has 1 aromatic carbocycles. The minimum Gasteiger partial charge on any atom is -0.373 e. The Morgan fingerprint density at radius 2 is 1.97 bits per heavy atom. The number of nitriles is 1. The molecule has 0 radical (unpaired) electrons. The van der Waals surface area contributed by atoms with E-state index in [1.165, 1.54) is 17.0 Å². The van der Waals surface area contributed by atoms with Crippen LogP contribution in [-0.2, 0) is 0 Å². The molecule has 3 aromatic heterocycles. The molecule has 1 aliphatic rings. The van der Waals surface area contributed by atoms with Crippen LogP contribution < -0.4 is 10.5 Å². The zero-order valence-electron chi connectivity index (χ0n) is 16.4. The zero-order valence-corrected chi connectivity index (χ0v) is 16.4. The number of pyridine rings is 1. The summed E-state index contributed by atoms with van der Waals surface area (Å²) in [6.45, 7) is 3.52. The van der Waals surface area contributed by atoms with E-state index in [1.807, 2.05) is 12.1 Å². The second kappa shape index (κ2) is 6.99. The van der Waals surface area contributed by atoms with E-state index in [1.54, 1.807) is 29.8 Å². The van der Waals surface area contributed by atoms with Crippen LogP contribution in [0.15, 0.2) is 47.8 Å². The molecule has 5 rings (SSSR count). The number of nitrogens with zero attached hydrogens (tertiary/aromatic N) is 6. The van der Waals surface area contributed by atoms with Gasteiger partial charge in [0, 0.05) is 43.2 Å². The number of hydrogen-bond acceptors (Lipinski definition) is 5. The monoisotopic (exact) mass is 400 g/mol. The molecule has 1 fully saturated rings. The molecule has 0 unspecified atom stereocenters. The summed E-state index contributed by atoms with van der Waals surface area (Å²) < 4.78 is 17.4. The van der Waals surface area contributed by atoms with Crippen molar-refractivity contribution >= 4 is 29.0 Å². The lowest BCUT2D eigenvalue weighted by atomic mass is 9.45. The molecule has 4 aromatic rings. The van der Waals surface area contributed by atoms with Crippen LogP contribution in [0.5, 0.6) is 0 Å². The molecule has 30 heavy (non-hydrogen) atoms. The molecule has 0 N–H and O–H groups in total. The molecule has 4 heterocycles. The van der Waals surface area contributed by atoms with Crippen molar-refractivity contribution < 1.29 is 4.39 Å². The highest BCUT2D eigenvalue weighted by Crippen LogP contribution is 2.23. The number of halogens is 1. The van der Waals surface area contributed by atoms with Crippen LogP contribution in [0.2, 0.25) is 12.6 Å². The number of anilines is 1. The number of imidazole rings is 1. The first-order chi connectivity index (χ1) is 14.5. The molecule has 0 saturated carbocycles. The van der Waals surface area contributed by atoms with Gasteiger partial charge in [-0.15, -0.1) is 0 Å². The summed E-state index contributed by atoms with van der Waals surface area (Å²) in [5.41, 5.74) is 2.63. The minimum atomic E-state index is -0.497. The molecule has 1 aliphatic heterocycles. The lowest BCUT2D eigenvalue weighted by molar-refractivity contribution is 0.628. The SMILES string of the molecule is Cc1cn2cc(-n3cnc4cc(N5CCB(C#N)CC5)ccc4c3=O)cc(F)c2n1. The van der Waals surface area contributed by atoms with Gasteiger partial charge in [0.2, 0.25) is 0 Å². The maximum atomic E-state index is 14.5. The van der Waals surface area contributed by atoms with Crippen LogP contribution in [0, 0.1) is 24.0 Å². The van der Waals surface area contributed by atoms with Gasteiger partial charge >= 0.3 is 0 Å². The fourth-order valence-corrected chi connectivity index (χ4v) is 4.05. The molecule has 0 atom stereocenters. The van der Waals surface area contributed by atoms with Crippen molar-refractivity contribution in [2.75, 3.05) is 18.0 Å². The fraction of sp³-hybridized carbons (Fsp3) is 0.238. The largest absolute Gasteiger partial charge is 0.373 e. The maximum absolute atomic E-state index is 14.5. The van der Waals surface area contributed by atoms with E-state index in [0.29, 0.717) is 22.3 Å². The Balaban J connectivity index is 1.54. The summed E-state index contributed by atoms with van der Waals surface area (Å²) >= 11 is 0. The van der Waals surface area contributed by atoms with E-state index < -0.39 is 5.82 Å². The normalized spacial score (nSPS) is 14.4. The first kappa shape index (κ1) is 18.4. The highest BCUT2D eigenvalue weighted by molar-refractivity contribution is 6.67. The summed E-state index contributed by atoms with van der Waals surface area (Å²) in [5.74, 6) is 1.84. The van der Waals surface area contributed by atoms with E-state index in [2.05, 4.69) is 20.8 Å². The summed E-state index contributed by atoms with van der Waals surface area (Å²) in [5, 5.41) is 9.54. The van der Waals surface area contributed by atoms with Crippen LogP contribution in [0.25, 0.3) is 22.2 Å². The number of aryl methyl sites for hydroxylation is 1. The van der Waals surface area contributed by atoms with Gasteiger partial charge in [-0.3, -0.25) is 9.36 Å². The Hall–Kier alpha value is -3.67. The van der Waals surface area contributed by atoms with Gasteiger partial charge in [-0.05, 0) is 37.8 Å². The van der Waals surface area contributed by atoms with Gasteiger partial charge in [0.25, 0.3) is 12.3 Å². The van der Waals surface area contributed by atoms with Gasteiger partial charge in [0.05, 0.1) is 22.3 Å². The highest BCUT2D eigenvalue weighted by atomic mass is 19.1. The van der Waals surface area contributed by atoms with Crippen LogP contribution in [-0.4, -0.2) is 38.7 Å². The number of fused-ring (bicyclic) bond motifs is 2. The summed E-state index contributed by atoms with van der Waals surface area (Å²) in [6.07, 6.45) is 6.49. The first-order valence-corrected chi connectivity index (χ1v) is 9.85. The Morgan fingerprint density at radius 1 is 1.17 bits per heavy atom. The standard InChI is InChI=1S/C21H18BFN6O/c1-14-10-28-11-16(8-18(23)20(28)26-14)29-13-25-19-9-15(2-3-17(19)21(29)30)27-6-4-22(12-24)5-7-27/h2-3,8-11,13H,4-7H2,1H3. The molecule has 0 spiro atoms. The van der Waals surface area contributed by atoms with Gasteiger partial charge in [-0.1, -0.05) is 0 Å². The number of benzene rings is 1. The zero-order chi connectivity index (χ0) is 20.8. The Morgan fingerprint density at radius 3 is 2.73 bits per heavy atom. The third-order valence-corrected chi connectivity index (χ3v) is 5.68. The van der Waals surface area contributed by atoms with Crippen LogP contribution in [0.1, 0.15) is 5.69 Å². The molecule has 0 bridgehead atoms. The second-order valence-electron chi connectivity index (χ2n) is 7.67. The molecule has 0 amide bonds. The van der Waals surface area contributed by atoms with Crippen molar-refractivity contribution in [2.24, 2.45) is 0 Å². The average molecular weight is 400 g/mol. The number of aromatic nitrogens is 4. The van der Waals surface area contributed by atoms with E-state index in [-0.39, 0.29) is 17.9 Å². The Labute approximate surface area is 172 Å². The lowest BCUT2D eigenvalue weighted by Crippen LogP contribution is -2.36. The van der Waals surface area contributed by atoms with Crippen molar-refractivity contribution in [2.45, 2.75) is 19.6 Å². The average Bonchev–Trinajstić information content (AvgIpc) is 3.14. The van der Waals surface area contributed by atoms with Crippen molar-refractivity contribution in [3.8, 4) is 11.7 Å². The topological polar surface area (TPSA) is 79.2 Å².